The van der Waals surface area contributed by atoms with Gasteiger partial charge in [-0.1, -0.05) is 23.7 Å². The zero-order valence-corrected chi connectivity index (χ0v) is 11.9. The second-order valence-corrected chi connectivity index (χ2v) is 5.96. The van der Waals surface area contributed by atoms with Gasteiger partial charge in [0.15, 0.2) is 5.79 Å². The molecule has 2 aliphatic rings. The molecular formula is C15H19ClO3. The molecule has 0 amide bonds. The smallest absolute Gasteiger partial charge is 0.168 e. The van der Waals surface area contributed by atoms with Crippen LogP contribution >= 0.6 is 11.6 Å². The van der Waals surface area contributed by atoms with Crippen molar-refractivity contribution in [3.8, 4) is 0 Å². The van der Waals surface area contributed by atoms with Crippen molar-refractivity contribution >= 4 is 11.6 Å². The molecule has 104 valence electrons. The third-order valence-electron chi connectivity index (χ3n) is 4.42. The van der Waals surface area contributed by atoms with Crippen LogP contribution < -0.4 is 0 Å². The molecule has 1 N–H and O–H groups in total. The summed E-state index contributed by atoms with van der Waals surface area (Å²) in [5.74, 6) is -0.446. The Morgan fingerprint density at radius 1 is 1.11 bits per heavy atom. The molecule has 3 nitrogen and oxygen atoms in total. The fraction of sp³-hybridized carbons (Fsp3) is 0.600. The van der Waals surface area contributed by atoms with Crippen LogP contribution in [0.4, 0.5) is 0 Å². The fourth-order valence-corrected chi connectivity index (χ4v) is 3.39. The van der Waals surface area contributed by atoms with Crippen molar-refractivity contribution in [2.24, 2.45) is 0 Å². The van der Waals surface area contributed by atoms with Crippen molar-refractivity contribution in [1.82, 2.24) is 0 Å². The topological polar surface area (TPSA) is 38.7 Å². The van der Waals surface area contributed by atoms with Crippen molar-refractivity contribution in [3.05, 3.63) is 34.3 Å². The van der Waals surface area contributed by atoms with E-state index >= 15 is 0 Å². The molecule has 1 saturated carbocycles. The highest BCUT2D eigenvalue weighted by Gasteiger charge is 2.46. The van der Waals surface area contributed by atoms with E-state index in [9.17, 15) is 5.11 Å². The third-order valence-corrected chi connectivity index (χ3v) is 4.83. The standard InChI is InChI=1S/C15H19ClO3/c1-11-12(3-2-4-13(11)16)14(17)5-7-15(8-6-14)18-9-10-19-15/h2-4,17H,5-10H2,1H3. The summed E-state index contributed by atoms with van der Waals surface area (Å²) in [6, 6.07) is 5.72. The first-order chi connectivity index (χ1) is 9.05. The Balaban J connectivity index is 1.83. The van der Waals surface area contributed by atoms with Crippen LogP contribution in [0.25, 0.3) is 0 Å². The van der Waals surface area contributed by atoms with Gasteiger partial charge >= 0.3 is 0 Å². The Hall–Kier alpha value is -0.610. The van der Waals surface area contributed by atoms with Crippen LogP contribution in [-0.2, 0) is 15.1 Å². The largest absolute Gasteiger partial charge is 0.385 e. The van der Waals surface area contributed by atoms with Gasteiger partial charge in [0, 0.05) is 17.9 Å². The minimum atomic E-state index is -0.810. The molecule has 1 aliphatic carbocycles. The molecule has 3 rings (SSSR count). The molecule has 1 aromatic carbocycles. The van der Waals surface area contributed by atoms with Gasteiger partial charge in [0.05, 0.1) is 18.8 Å². The van der Waals surface area contributed by atoms with Gasteiger partial charge in [-0.2, -0.15) is 0 Å². The zero-order chi connectivity index (χ0) is 13.5. The van der Waals surface area contributed by atoms with E-state index in [2.05, 4.69) is 0 Å². The molecule has 0 atom stereocenters. The van der Waals surface area contributed by atoms with E-state index < -0.39 is 11.4 Å². The van der Waals surface area contributed by atoms with Gasteiger partial charge in [0.25, 0.3) is 0 Å². The van der Waals surface area contributed by atoms with Crippen LogP contribution in [0.1, 0.15) is 36.8 Å². The number of hydrogen-bond acceptors (Lipinski definition) is 3. The van der Waals surface area contributed by atoms with Crippen molar-refractivity contribution in [2.45, 2.75) is 44.0 Å². The Bertz CT molecular complexity index is 470. The van der Waals surface area contributed by atoms with Crippen LogP contribution in [0.15, 0.2) is 18.2 Å². The summed E-state index contributed by atoms with van der Waals surface area (Å²) in [4.78, 5) is 0. The maximum absolute atomic E-state index is 10.9. The van der Waals surface area contributed by atoms with Gasteiger partial charge in [0.2, 0.25) is 0 Å². The third kappa shape index (κ3) is 2.29. The molecule has 1 aromatic rings. The summed E-state index contributed by atoms with van der Waals surface area (Å²) in [7, 11) is 0. The Morgan fingerprint density at radius 2 is 1.74 bits per heavy atom. The lowest BCUT2D eigenvalue weighted by Gasteiger charge is -2.41. The zero-order valence-electron chi connectivity index (χ0n) is 11.1. The van der Waals surface area contributed by atoms with E-state index in [4.69, 9.17) is 21.1 Å². The van der Waals surface area contributed by atoms with Gasteiger partial charge in [-0.25, -0.2) is 0 Å². The molecule has 4 heteroatoms. The quantitative estimate of drug-likeness (QED) is 0.860. The lowest BCUT2D eigenvalue weighted by atomic mass is 9.76. The van der Waals surface area contributed by atoms with Crippen LogP contribution in [0.2, 0.25) is 5.02 Å². The molecule has 1 heterocycles. The van der Waals surface area contributed by atoms with Gasteiger partial charge in [-0.15, -0.1) is 0 Å². The Kier molecular flexibility index (Phi) is 3.34. The van der Waals surface area contributed by atoms with Crippen LogP contribution in [-0.4, -0.2) is 24.1 Å². The molecule has 0 bridgehead atoms. The first-order valence-corrected chi connectivity index (χ1v) is 7.18. The van der Waals surface area contributed by atoms with Gasteiger partial charge in [-0.3, -0.25) is 0 Å². The molecule has 0 aromatic heterocycles. The molecule has 1 spiro atoms. The second kappa shape index (κ2) is 4.74. The first kappa shape index (κ1) is 13.4. The molecular weight excluding hydrogens is 264 g/mol. The first-order valence-electron chi connectivity index (χ1n) is 6.81. The van der Waals surface area contributed by atoms with Gasteiger partial charge in [-0.05, 0) is 37.0 Å². The highest BCUT2D eigenvalue weighted by atomic mass is 35.5. The number of hydrogen-bond donors (Lipinski definition) is 1. The second-order valence-electron chi connectivity index (χ2n) is 5.55. The van der Waals surface area contributed by atoms with Gasteiger partial charge < -0.3 is 14.6 Å². The predicted octanol–water partition coefficient (Wildman–Crippen LogP) is 3.15. The summed E-state index contributed by atoms with van der Waals surface area (Å²) < 4.78 is 11.4. The monoisotopic (exact) mass is 282 g/mol. The summed E-state index contributed by atoms with van der Waals surface area (Å²) in [5, 5.41) is 11.6. The van der Waals surface area contributed by atoms with Crippen LogP contribution in [0.3, 0.4) is 0 Å². The molecule has 19 heavy (non-hydrogen) atoms. The normalized spacial score (nSPS) is 24.8. The van der Waals surface area contributed by atoms with E-state index in [1.54, 1.807) is 0 Å². The molecule has 1 aliphatic heterocycles. The molecule has 2 fully saturated rings. The summed E-state index contributed by atoms with van der Waals surface area (Å²) >= 11 is 6.16. The number of rotatable bonds is 1. The highest BCUT2D eigenvalue weighted by molar-refractivity contribution is 6.31. The van der Waals surface area contributed by atoms with Gasteiger partial charge in [0.1, 0.15) is 0 Å². The highest BCUT2D eigenvalue weighted by Crippen LogP contribution is 2.46. The average molecular weight is 283 g/mol. The van der Waals surface area contributed by atoms with E-state index in [0.29, 0.717) is 31.1 Å². The van der Waals surface area contributed by atoms with E-state index in [1.165, 1.54) is 0 Å². The maximum Gasteiger partial charge on any atom is 0.168 e. The Labute approximate surface area is 118 Å². The number of ether oxygens (including phenoxy) is 2. The van der Waals surface area contributed by atoms with E-state index in [0.717, 1.165) is 24.0 Å². The SMILES string of the molecule is Cc1c(Cl)cccc1C1(O)CCC2(CC1)OCCO2. The molecule has 0 unspecified atom stereocenters. The fourth-order valence-electron chi connectivity index (χ4n) is 3.21. The lowest BCUT2D eigenvalue weighted by Crippen LogP contribution is -2.42. The molecule has 1 saturated heterocycles. The van der Waals surface area contributed by atoms with Crippen molar-refractivity contribution in [2.75, 3.05) is 13.2 Å². The van der Waals surface area contributed by atoms with E-state index in [1.807, 2.05) is 25.1 Å². The van der Waals surface area contributed by atoms with Crippen LogP contribution in [0, 0.1) is 6.92 Å². The summed E-state index contributed by atoms with van der Waals surface area (Å²) in [5.41, 5.74) is 1.10. The van der Waals surface area contributed by atoms with Crippen molar-refractivity contribution < 1.29 is 14.6 Å². The molecule has 0 radical (unpaired) electrons. The summed E-state index contributed by atoms with van der Waals surface area (Å²) in [6.45, 7) is 3.28. The minimum absolute atomic E-state index is 0.446. The lowest BCUT2D eigenvalue weighted by molar-refractivity contribution is -0.204. The maximum atomic E-state index is 10.9. The number of aliphatic hydroxyl groups is 1. The predicted molar refractivity (Wildman–Crippen MR) is 73.2 cm³/mol. The van der Waals surface area contributed by atoms with Crippen molar-refractivity contribution in [1.29, 1.82) is 0 Å². The van der Waals surface area contributed by atoms with Crippen LogP contribution in [0.5, 0.6) is 0 Å². The number of halogens is 1. The van der Waals surface area contributed by atoms with E-state index in [-0.39, 0.29) is 0 Å². The Morgan fingerprint density at radius 3 is 2.37 bits per heavy atom. The average Bonchev–Trinajstić information content (AvgIpc) is 2.86. The number of benzene rings is 1. The minimum Gasteiger partial charge on any atom is -0.385 e. The van der Waals surface area contributed by atoms with Crippen molar-refractivity contribution in [3.63, 3.8) is 0 Å². The summed E-state index contributed by atoms with van der Waals surface area (Å²) in [6.07, 6.45) is 2.76.